The summed E-state index contributed by atoms with van der Waals surface area (Å²) in [4.78, 5) is 62.2. The zero-order valence-corrected chi connectivity index (χ0v) is 30.5. The molecule has 2 aromatic carbocycles. The van der Waals surface area contributed by atoms with Crippen LogP contribution in [0.5, 0.6) is 0 Å². The molecule has 282 valence electrons. The van der Waals surface area contributed by atoms with Gasteiger partial charge in [0.15, 0.2) is 0 Å². The van der Waals surface area contributed by atoms with Crippen molar-refractivity contribution in [2.75, 3.05) is 6.54 Å². The fraction of sp³-hybridized carbons (Fsp3) is 0.513. The minimum Gasteiger partial charge on any atom is -0.446 e. The molecule has 1 saturated heterocycles. The van der Waals surface area contributed by atoms with Crippen LogP contribution in [0.25, 0.3) is 11.1 Å². The van der Waals surface area contributed by atoms with Gasteiger partial charge in [-0.2, -0.15) is 0 Å². The Kier molecular flexibility index (Phi) is 10.9. The zero-order valence-electron chi connectivity index (χ0n) is 29.7. The SMILES string of the molecule is O=C(N[C@H]1CCCCC/C=C\[C@@H]2C[C@]2(C(=O)NS(=O)(=O)C2CC2)NC(=O)[C@@H]2C[C@@H](O/N=C/c3ccc(-c4ccccc4)cc3)CN2C1=O)OC1CCC1. The number of nitrogens with one attached hydrogen (secondary N) is 3. The van der Waals surface area contributed by atoms with Gasteiger partial charge in [0.1, 0.15) is 29.8 Å². The van der Waals surface area contributed by atoms with Crippen LogP contribution in [-0.4, -0.2) is 85.0 Å². The summed E-state index contributed by atoms with van der Waals surface area (Å²) in [5.74, 6) is -2.25. The molecule has 0 bridgehead atoms. The number of benzene rings is 2. The second kappa shape index (κ2) is 15.7. The number of ether oxygens (including phenoxy) is 1. The van der Waals surface area contributed by atoms with Crippen molar-refractivity contribution in [1.82, 2.24) is 20.3 Å². The molecule has 5 aliphatic rings. The summed E-state index contributed by atoms with van der Waals surface area (Å²) in [6, 6.07) is 15.8. The van der Waals surface area contributed by atoms with E-state index < -0.39 is 68.7 Å². The Labute approximate surface area is 310 Å². The highest BCUT2D eigenvalue weighted by Crippen LogP contribution is 2.46. The Bertz CT molecular complexity index is 1840. The molecule has 2 aromatic rings. The van der Waals surface area contributed by atoms with Crippen molar-refractivity contribution in [2.24, 2.45) is 11.1 Å². The van der Waals surface area contributed by atoms with E-state index in [1.165, 1.54) is 4.90 Å². The van der Waals surface area contributed by atoms with Gasteiger partial charge in [0.25, 0.3) is 5.91 Å². The molecule has 2 heterocycles. The van der Waals surface area contributed by atoms with Gasteiger partial charge < -0.3 is 25.1 Å². The molecular formula is C39H47N5O8S. The smallest absolute Gasteiger partial charge is 0.408 e. The number of oxime groups is 1. The van der Waals surface area contributed by atoms with Crippen molar-refractivity contribution >= 4 is 40.1 Å². The Morgan fingerprint density at radius 3 is 2.38 bits per heavy atom. The largest absolute Gasteiger partial charge is 0.446 e. The first-order valence-electron chi connectivity index (χ1n) is 18.8. The van der Waals surface area contributed by atoms with Gasteiger partial charge in [-0.1, -0.05) is 84.7 Å². The van der Waals surface area contributed by atoms with Gasteiger partial charge >= 0.3 is 6.09 Å². The summed E-state index contributed by atoms with van der Waals surface area (Å²) in [5.41, 5.74) is 1.46. The molecule has 53 heavy (non-hydrogen) atoms. The van der Waals surface area contributed by atoms with Crippen LogP contribution < -0.4 is 15.4 Å². The molecule has 0 radical (unpaired) electrons. The van der Waals surface area contributed by atoms with Gasteiger partial charge in [0.2, 0.25) is 21.8 Å². The predicted molar refractivity (Wildman–Crippen MR) is 197 cm³/mol. The van der Waals surface area contributed by atoms with E-state index in [2.05, 4.69) is 20.5 Å². The van der Waals surface area contributed by atoms with Crippen molar-refractivity contribution < 1.29 is 37.2 Å². The third-order valence-corrected chi connectivity index (χ3v) is 12.7. The summed E-state index contributed by atoms with van der Waals surface area (Å²) in [6.07, 6.45) is 11.0. The number of nitrogens with zero attached hydrogens (tertiary/aromatic N) is 2. The number of hydrogen-bond donors (Lipinski definition) is 3. The molecule has 2 aliphatic heterocycles. The molecule has 0 unspecified atom stereocenters. The fourth-order valence-corrected chi connectivity index (χ4v) is 8.59. The normalized spacial score (nSPS) is 28.6. The molecule has 7 rings (SSSR count). The lowest BCUT2D eigenvalue weighted by Gasteiger charge is -2.30. The average Bonchev–Trinajstić information content (AvgIpc) is 4.06. The summed E-state index contributed by atoms with van der Waals surface area (Å²) >= 11 is 0. The van der Waals surface area contributed by atoms with Gasteiger partial charge in [-0.15, -0.1) is 0 Å². The van der Waals surface area contributed by atoms with Crippen molar-refractivity contribution in [2.45, 2.75) is 112 Å². The van der Waals surface area contributed by atoms with Crippen molar-refractivity contribution in [3.8, 4) is 11.1 Å². The number of amides is 4. The molecule has 4 amide bonds. The maximum absolute atomic E-state index is 14.3. The molecule has 3 N–H and O–H groups in total. The number of alkyl carbamates (subject to hydrolysis) is 1. The Hall–Kier alpha value is -4.72. The first-order chi connectivity index (χ1) is 25.6. The molecule has 0 spiro atoms. The lowest BCUT2D eigenvalue weighted by atomic mass is 9.96. The van der Waals surface area contributed by atoms with E-state index in [1.54, 1.807) is 6.21 Å². The minimum absolute atomic E-state index is 0.00957. The van der Waals surface area contributed by atoms with E-state index in [0.29, 0.717) is 32.1 Å². The van der Waals surface area contributed by atoms with Crippen LogP contribution in [0.1, 0.15) is 82.6 Å². The van der Waals surface area contributed by atoms with Crippen LogP contribution in [0.3, 0.4) is 0 Å². The van der Waals surface area contributed by atoms with Gasteiger partial charge in [-0.25, -0.2) is 13.2 Å². The molecule has 14 heteroatoms. The monoisotopic (exact) mass is 745 g/mol. The van der Waals surface area contributed by atoms with E-state index in [4.69, 9.17) is 9.57 Å². The number of hydrogen-bond acceptors (Lipinski definition) is 9. The highest BCUT2D eigenvalue weighted by Gasteiger charge is 2.62. The van der Waals surface area contributed by atoms with Gasteiger partial charge in [0, 0.05) is 12.3 Å². The van der Waals surface area contributed by atoms with Crippen molar-refractivity contribution in [3.05, 3.63) is 72.3 Å². The van der Waals surface area contributed by atoms with Gasteiger partial charge in [-0.05, 0) is 74.5 Å². The standard InChI is InChI=1S/C39H47N5O8S/c45-35-34-22-31(52-40-24-26-16-18-28(19-17-26)27-10-5-4-6-11-27)25-44(34)36(46)33(41-38(48)51-30-13-9-14-30)15-8-3-1-2-7-12-29-23-39(29,42-35)37(47)43-53(49,50)32-20-21-32/h4-7,10-12,16-19,24,29-34H,1-3,8-9,13-15,20-23,25H2,(H,41,48)(H,42,45)(H,43,47)/b12-7-,40-24+/t29-,31-,33+,34+,39+/m1/s1. The van der Waals surface area contributed by atoms with Crippen LogP contribution in [0.2, 0.25) is 0 Å². The summed E-state index contributed by atoms with van der Waals surface area (Å²) in [7, 11) is -3.87. The second-order valence-electron chi connectivity index (χ2n) is 14.9. The van der Waals surface area contributed by atoms with Crippen LogP contribution in [0.15, 0.2) is 71.9 Å². The maximum Gasteiger partial charge on any atom is 0.408 e. The number of carbonyl (C=O) groups is 4. The number of sulfonamides is 1. The first kappa shape index (κ1) is 36.6. The molecule has 5 atom stereocenters. The average molecular weight is 746 g/mol. The van der Waals surface area contributed by atoms with Crippen LogP contribution in [0, 0.1) is 5.92 Å². The van der Waals surface area contributed by atoms with Crippen LogP contribution in [-0.2, 0) is 34.0 Å². The minimum atomic E-state index is -3.87. The predicted octanol–water partition coefficient (Wildman–Crippen LogP) is 4.32. The lowest BCUT2D eigenvalue weighted by molar-refractivity contribution is -0.141. The molecule has 3 saturated carbocycles. The lowest BCUT2D eigenvalue weighted by Crippen LogP contribution is -2.58. The quantitative estimate of drug-likeness (QED) is 0.193. The second-order valence-corrected chi connectivity index (χ2v) is 16.8. The van der Waals surface area contributed by atoms with E-state index >= 15 is 0 Å². The van der Waals surface area contributed by atoms with E-state index in [-0.39, 0.29) is 25.5 Å². The molecular weight excluding hydrogens is 699 g/mol. The Balaban J connectivity index is 1.10. The number of allylic oxidation sites excluding steroid dienone is 1. The third-order valence-electron chi connectivity index (χ3n) is 10.9. The van der Waals surface area contributed by atoms with Gasteiger partial charge in [0.05, 0.1) is 18.0 Å². The van der Waals surface area contributed by atoms with Crippen LogP contribution >= 0.6 is 0 Å². The summed E-state index contributed by atoms with van der Waals surface area (Å²) in [5, 5.41) is 9.22. The van der Waals surface area contributed by atoms with Crippen molar-refractivity contribution in [1.29, 1.82) is 0 Å². The zero-order chi connectivity index (χ0) is 37.0. The molecule has 4 fully saturated rings. The van der Waals surface area contributed by atoms with E-state index in [9.17, 15) is 27.6 Å². The first-order valence-corrected chi connectivity index (χ1v) is 20.3. The number of rotatable bonds is 9. The molecule has 3 aliphatic carbocycles. The Morgan fingerprint density at radius 2 is 1.66 bits per heavy atom. The summed E-state index contributed by atoms with van der Waals surface area (Å²) in [6.45, 7) is 0.00957. The maximum atomic E-state index is 14.3. The fourth-order valence-electron chi connectivity index (χ4n) is 7.22. The van der Waals surface area contributed by atoms with Crippen molar-refractivity contribution in [3.63, 3.8) is 0 Å². The van der Waals surface area contributed by atoms with Gasteiger partial charge in [-0.3, -0.25) is 19.1 Å². The highest BCUT2D eigenvalue weighted by molar-refractivity contribution is 7.91. The molecule has 13 nitrogen and oxygen atoms in total. The van der Waals surface area contributed by atoms with E-state index in [1.807, 2.05) is 66.7 Å². The number of carbonyl (C=O) groups excluding carboxylic acids is 4. The topological polar surface area (TPSA) is 173 Å². The van der Waals surface area contributed by atoms with Crippen LogP contribution in [0.4, 0.5) is 4.79 Å². The van der Waals surface area contributed by atoms with E-state index in [0.717, 1.165) is 48.8 Å². The third kappa shape index (κ3) is 8.75. The number of fused-ring (bicyclic) bond motifs is 2. The highest BCUT2D eigenvalue weighted by atomic mass is 32.2. The molecule has 0 aromatic heterocycles. The summed E-state index contributed by atoms with van der Waals surface area (Å²) < 4.78 is 33.3. The Morgan fingerprint density at radius 1 is 0.906 bits per heavy atom.